The van der Waals surface area contributed by atoms with E-state index in [1.165, 1.54) is 25.3 Å². The van der Waals surface area contributed by atoms with E-state index in [0.717, 1.165) is 29.8 Å². The topological polar surface area (TPSA) is 35.5 Å². The molecule has 0 spiro atoms. The minimum atomic E-state index is 0.692. The number of carbonyl (C=O) groups excluding carboxylic acids is 1. The normalized spacial score (nSPS) is 10.6. The average Bonchev–Trinajstić information content (AvgIpc) is 2.45. The monoisotopic (exact) mass is 262 g/mol. The molecule has 1 aromatic carbocycles. The van der Waals surface area contributed by atoms with E-state index in [9.17, 15) is 4.79 Å². The van der Waals surface area contributed by atoms with Gasteiger partial charge in [0.1, 0.15) is 6.29 Å². The number of carbonyl (C=O) groups is 1. The van der Waals surface area contributed by atoms with Gasteiger partial charge in [-0.2, -0.15) is 0 Å². The zero-order chi connectivity index (χ0) is 13.9. The molecule has 0 aliphatic rings. The molecule has 0 aromatic heterocycles. The predicted molar refractivity (Wildman–Crippen MR) is 77.7 cm³/mol. The molecule has 0 N–H and O–H groups in total. The molecule has 0 saturated carbocycles. The van der Waals surface area contributed by atoms with Crippen LogP contribution in [0.5, 0.6) is 11.5 Å². The third kappa shape index (κ3) is 5.60. The second kappa shape index (κ2) is 9.20. The molecule has 0 atom stereocenters. The average molecular weight is 262 g/mol. The summed E-state index contributed by atoms with van der Waals surface area (Å²) in [6, 6.07) is 5.63. The molecule has 1 rings (SSSR count). The molecule has 3 nitrogen and oxygen atoms in total. The lowest BCUT2D eigenvalue weighted by Gasteiger charge is -2.11. The van der Waals surface area contributed by atoms with Crippen LogP contribution >= 0.6 is 0 Å². The number of benzene rings is 1. The fourth-order valence-corrected chi connectivity index (χ4v) is 1.77. The number of hydrogen-bond acceptors (Lipinski definition) is 3. The summed E-state index contributed by atoms with van der Waals surface area (Å²) >= 11 is 0. The Morgan fingerprint density at radius 2 is 2.00 bits per heavy atom. The number of methoxy groups -OCH3 is 1. The molecule has 3 heteroatoms. The second-order valence-corrected chi connectivity index (χ2v) is 4.31. The predicted octanol–water partition coefficient (Wildman–Crippen LogP) is 3.87. The van der Waals surface area contributed by atoms with E-state index in [-0.39, 0.29) is 0 Å². The molecule has 104 valence electrons. The maximum Gasteiger partial charge on any atom is 0.161 e. The molecule has 1 aromatic rings. The Kier molecular flexibility index (Phi) is 7.40. The van der Waals surface area contributed by atoms with Gasteiger partial charge in [-0.3, -0.25) is 4.79 Å². The van der Waals surface area contributed by atoms with Crippen molar-refractivity contribution in [2.75, 3.05) is 13.7 Å². The van der Waals surface area contributed by atoms with Gasteiger partial charge in [0.2, 0.25) is 0 Å². The number of rotatable bonds is 9. The molecular formula is C16H22O3. The van der Waals surface area contributed by atoms with Crippen LogP contribution in [-0.2, 0) is 4.79 Å². The van der Waals surface area contributed by atoms with Crippen molar-refractivity contribution in [3.8, 4) is 11.5 Å². The summed E-state index contributed by atoms with van der Waals surface area (Å²) in [7, 11) is 1.63. The van der Waals surface area contributed by atoms with Crippen LogP contribution in [0.2, 0.25) is 0 Å². The van der Waals surface area contributed by atoms with Crippen LogP contribution in [0.4, 0.5) is 0 Å². The highest BCUT2D eigenvalue weighted by atomic mass is 16.5. The number of unbranched alkanes of at least 4 members (excludes halogenated alkanes) is 3. The van der Waals surface area contributed by atoms with Gasteiger partial charge in [-0.15, -0.1) is 0 Å². The molecule has 19 heavy (non-hydrogen) atoms. The van der Waals surface area contributed by atoms with Crippen LogP contribution in [0.25, 0.3) is 6.08 Å². The van der Waals surface area contributed by atoms with Gasteiger partial charge in [0.25, 0.3) is 0 Å². The lowest BCUT2D eigenvalue weighted by atomic mass is 10.2. The number of allylic oxidation sites excluding steroid dienone is 1. The molecule has 0 bridgehead atoms. The first-order valence-electron chi connectivity index (χ1n) is 6.74. The quantitative estimate of drug-likeness (QED) is 0.385. The Bertz CT molecular complexity index is 410. The Labute approximate surface area is 115 Å². The summed E-state index contributed by atoms with van der Waals surface area (Å²) in [4.78, 5) is 10.3. The smallest absolute Gasteiger partial charge is 0.161 e. The van der Waals surface area contributed by atoms with Crippen molar-refractivity contribution < 1.29 is 14.3 Å². The molecule has 0 aliphatic carbocycles. The van der Waals surface area contributed by atoms with Crippen LogP contribution in [0, 0.1) is 0 Å². The van der Waals surface area contributed by atoms with Crippen LogP contribution in [0.1, 0.15) is 38.2 Å². The molecule has 0 fully saturated rings. The summed E-state index contributed by atoms with van der Waals surface area (Å²) in [6.07, 6.45) is 8.66. The first kappa shape index (κ1) is 15.3. The van der Waals surface area contributed by atoms with Gasteiger partial charge >= 0.3 is 0 Å². The van der Waals surface area contributed by atoms with Gasteiger partial charge in [-0.05, 0) is 30.2 Å². The van der Waals surface area contributed by atoms with Gasteiger partial charge in [0.05, 0.1) is 13.7 Å². The summed E-state index contributed by atoms with van der Waals surface area (Å²) in [5.74, 6) is 1.45. The van der Waals surface area contributed by atoms with Gasteiger partial charge in [-0.25, -0.2) is 0 Å². The van der Waals surface area contributed by atoms with Crippen LogP contribution in [0.3, 0.4) is 0 Å². The Hall–Kier alpha value is -1.77. The molecule has 0 aliphatic heterocycles. The van der Waals surface area contributed by atoms with E-state index in [2.05, 4.69) is 6.92 Å². The highest BCUT2D eigenvalue weighted by Crippen LogP contribution is 2.28. The van der Waals surface area contributed by atoms with Gasteiger partial charge < -0.3 is 9.47 Å². The first-order valence-corrected chi connectivity index (χ1v) is 6.74. The van der Waals surface area contributed by atoms with Gasteiger partial charge in [-0.1, -0.05) is 38.3 Å². The van der Waals surface area contributed by atoms with Gasteiger partial charge in [0, 0.05) is 0 Å². The van der Waals surface area contributed by atoms with Crippen molar-refractivity contribution in [3.63, 3.8) is 0 Å². The maximum atomic E-state index is 10.3. The minimum Gasteiger partial charge on any atom is -0.493 e. The lowest BCUT2D eigenvalue weighted by Crippen LogP contribution is -1.99. The molecule has 0 heterocycles. The van der Waals surface area contributed by atoms with Crippen LogP contribution in [0.15, 0.2) is 24.3 Å². The lowest BCUT2D eigenvalue weighted by molar-refractivity contribution is -0.104. The molecule has 0 radical (unpaired) electrons. The third-order valence-corrected chi connectivity index (χ3v) is 2.81. The van der Waals surface area contributed by atoms with Crippen molar-refractivity contribution in [2.24, 2.45) is 0 Å². The molecular weight excluding hydrogens is 240 g/mol. The molecule has 0 saturated heterocycles. The second-order valence-electron chi connectivity index (χ2n) is 4.31. The summed E-state index contributed by atoms with van der Waals surface area (Å²) in [5, 5.41) is 0. The van der Waals surface area contributed by atoms with Gasteiger partial charge in [0.15, 0.2) is 11.5 Å². The van der Waals surface area contributed by atoms with E-state index in [1.54, 1.807) is 13.2 Å². The zero-order valence-electron chi connectivity index (χ0n) is 11.7. The fourth-order valence-electron chi connectivity index (χ4n) is 1.77. The van der Waals surface area contributed by atoms with Crippen molar-refractivity contribution in [1.29, 1.82) is 0 Å². The molecule has 0 unspecified atom stereocenters. The zero-order valence-corrected chi connectivity index (χ0v) is 11.7. The summed E-state index contributed by atoms with van der Waals surface area (Å²) in [5.41, 5.74) is 0.927. The van der Waals surface area contributed by atoms with E-state index < -0.39 is 0 Å². The summed E-state index contributed by atoms with van der Waals surface area (Å²) in [6.45, 7) is 2.88. The standard InChI is InChI=1S/C16H22O3/c1-3-4-5-6-12-19-16-13-14(8-7-11-17)9-10-15(16)18-2/h7-11,13H,3-6,12H2,1-2H3/b8-7+. The Morgan fingerprint density at radius 1 is 1.16 bits per heavy atom. The van der Waals surface area contributed by atoms with E-state index in [1.807, 2.05) is 18.2 Å². The number of ether oxygens (including phenoxy) is 2. The number of hydrogen-bond donors (Lipinski definition) is 0. The maximum absolute atomic E-state index is 10.3. The SMILES string of the molecule is CCCCCCOc1cc(/C=C/C=O)ccc1OC. The van der Waals surface area contributed by atoms with Crippen LogP contribution < -0.4 is 9.47 Å². The highest BCUT2D eigenvalue weighted by molar-refractivity contribution is 5.74. The largest absolute Gasteiger partial charge is 0.493 e. The molecule has 0 amide bonds. The van der Waals surface area contributed by atoms with Crippen molar-refractivity contribution in [3.05, 3.63) is 29.8 Å². The van der Waals surface area contributed by atoms with Crippen LogP contribution in [-0.4, -0.2) is 20.0 Å². The van der Waals surface area contributed by atoms with Crippen molar-refractivity contribution >= 4 is 12.4 Å². The van der Waals surface area contributed by atoms with Crippen molar-refractivity contribution in [2.45, 2.75) is 32.6 Å². The van der Waals surface area contributed by atoms with E-state index in [4.69, 9.17) is 9.47 Å². The minimum absolute atomic E-state index is 0.692. The Morgan fingerprint density at radius 3 is 2.68 bits per heavy atom. The van der Waals surface area contributed by atoms with E-state index >= 15 is 0 Å². The number of aldehydes is 1. The van der Waals surface area contributed by atoms with Crippen molar-refractivity contribution in [1.82, 2.24) is 0 Å². The first-order chi connectivity index (χ1) is 9.31. The fraction of sp³-hybridized carbons (Fsp3) is 0.438. The summed E-state index contributed by atoms with van der Waals surface area (Å²) < 4.78 is 11.0. The Balaban J connectivity index is 2.62. The van der Waals surface area contributed by atoms with E-state index in [0.29, 0.717) is 6.61 Å². The third-order valence-electron chi connectivity index (χ3n) is 2.81. The highest BCUT2D eigenvalue weighted by Gasteiger charge is 2.04.